The van der Waals surface area contributed by atoms with Gasteiger partial charge >= 0.3 is 0 Å². The Kier molecular flexibility index (Phi) is 4.71. The van der Waals surface area contributed by atoms with Crippen LogP contribution >= 0.6 is 11.3 Å². The van der Waals surface area contributed by atoms with Gasteiger partial charge in [0.1, 0.15) is 5.01 Å². The number of thiazole rings is 1. The summed E-state index contributed by atoms with van der Waals surface area (Å²) in [5, 5.41) is 14.1. The summed E-state index contributed by atoms with van der Waals surface area (Å²) in [7, 11) is 0. The van der Waals surface area contributed by atoms with E-state index in [1.807, 2.05) is 13.8 Å². The lowest BCUT2D eigenvalue weighted by Gasteiger charge is -2.05. The number of carbonyl (C=O) groups excluding carboxylic acids is 1. The molecule has 1 rings (SSSR count). The molecule has 1 aromatic rings. The molecule has 15 heavy (non-hydrogen) atoms. The Morgan fingerprint density at radius 1 is 1.67 bits per heavy atom. The number of aliphatic hydroxyl groups excluding tert-OH is 1. The van der Waals surface area contributed by atoms with Crippen molar-refractivity contribution in [2.24, 2.45) is 5.92 Å². The lowest BCUT2D eigenvalue weighted by molar-refractivity contribution is -0.120. The van der Waals surface area contributed by atoms with E-state index >= 15 is 0 Å². The van der Waals surface area contributed by atoms with Crippen LogP contribution in [0.4, 0.5) is 0 Å². The molecule has 0 unspecified atom stereocenters. The molecule has 5 heteroatoms. The summed E-state index contributed by atoms with van der Waals surface area (Å²) in [5.41, 5.74) is 0.631. The molecule has 4 nitrogen and oxygen atoms in total. The van der Waals surface area contributed by atoms with Gasteiger partial charge in [0.25, 0.3) is 0 Å². The van der Waals surface area contributed by atoms with Crippen LogP contribution in [-0.2, 0) is 17.8 Å². The largest absolute Gasteiger partial charge is 0.390 e. The molecule has 1 amide bonds. The van der Waals surface area contributed by atoms with Crippen LogP contribution in [0.1, 0.15) is 24.5 Å². The number of aliphatic hydroxyl groups is 1. The van der Waals surface area contributed by atoms with Crippen molar-refractivity contribution in [3.05, 3.63) is 16.1 Å². The van der Waals surface area contributed by atoms with Crippen LogP contribution in [0, 0.1) is 5.92 Å². The van der Waals surface area contributed by atoms with E-state index in [0.29, 0.717) is 24.6 Å². The van der Waals surface area contributed by atoms with Gasteiger partial charge in [-0.3, -0.25) is 4.79 Å². The summed E-state index contributed by atoms with van der Waals surface area (Å²) < 4.78 is 0. The second kappa shape index (κ2) is 5.82. The van der Waals surface area contributed by atoms with Crippen molar-refractivity contribution in [2.45, 2.75) is 26.9 Å². The minimum absolute atomic E-state index is 0.0115. The quantitative estimate of drug-likeness (QED) is 0.788. The summed E-state index contributed by atoms with van der Waals surface area (Å²) in [4.78, 5) is 15.5. The van der Waals surface area contributed by atoms with E-state index < -0.39 is 0 Å². The summed E-state index contributed by atoms with van der Waals surface area (Å²) in [5.74, 6) is 0.445. The Labute approximate surface area is 93.4 Å². The number of hydrogen-bond acceptors (Lipinski definition) is 4. The van der Waals surface area contributed by atoms with E-state index in [-0.39, 0.29) is 12.5 Å². The molecule has 84 valence electrons. The zero-order valence-electron chi connectivity index (χ0n) is 8.99. The van der Waals surface area contributed by atoms with E-state index in [1.165, 1.54) is 11.3 Å². The first kappa shape index (κ1) is 12.1. The molecule has 0 saturated carbocycles. The molecule has 0 atom stereocenters. The van der Waals surface area contributed by atoms with Gasteiger partial charge in [0.15, 0.2) is 0 Å². The molecule has 1 aromatic heterocycles. The highest BCUT2D eigenvalue weighted by Crippen LogP contribution is 2.10. The SMILES string of the molecule is CC(C)CNC(=O)Cc1nc(CO)cs1. The number of hydrogen-bond donors (Lipinski definition) is 2. The first-order chi connectivity index (χ1) is 7.11. The number of nitrogens with zero attached hydrogens (tertiary/aromatic N) is 1. The van der Waals surface area contributed by atoms with Gasteiger partial charge in [0.05, 0.1) is 18.7 Å². The highest BCUT2D eigenvalue weighted by atomic mass is 32.1. The van der Waals surface area contributed by atoms with Crippen LogP contribution in [0.2, 0.25) is 0 Å². The Balaban J connectivity index is 2.37. The topological polar surface area (TPSA) is 62.2 Å². The maximum absolute atomic E-state index is 11.4. The van der Waals surface area contributed by atoms with Crippen molar-refractivity contribution in [2.75, 3.05) is 6.54 Å². The fourth-order valence-corrected chi connectivity index (χ4v) is 1.80. The average Bonchev–Trinajstić information content (AvgIpc) is 2.62. The number of carbonyl (C=O) groups is 1. The molecular weight excluding hydrogens is 212 g/mol. The number of rotatable bonds is 5. The van der Waals surface area contributed by atoms with Gasteiger partial charge in [0, 0.05) is 11.9 Å². The Morgan fingerprint density at radius 3 is 2.93 bits per heavy atom. The van der Waals surface area contributed by atoms with Gasteiger partial charge in [0.2, 0.25) is 5.91 Å². The van der Waals surface area contributed by atoms with E-state index in [2.05, 4.69) is 10.3 Å². The van der Waals surface area contributed by atoms with Crippen molar-refractivity contribution in [1.29, 1.82) is 0 Å². The molecule has 0 aliphatic heterocycles. The molecule has 0 radical (unpaired) electrons. The second-order valence-corrected chi connectivity index (χ2v) is 4.71. The zero-order valence-corrected chi connectivity index (χ0v) is 9.80. The van der Waals surface area contributed by atoms with Crippen molar-refractivity contribution < 1.29 is 9.90 Å². The van der Waals surface area contributed by atoms with Gasteiger partial charge in [-0.15, -0.1) is 11.3 Å². The van der Waals surface area contributed by atoms with Crippen LogP contribution in [0.15, 0.2) is 5.38 Å². The fourth-order valence-electron chi connectivity index (χ4n) is 1.02. The highest BCUT2D eigenvalue weighted by Gasteiger charge is 2.07. The zero-order chi connectivity index (χ0) is 11.3. The molecule has 1 heterocycles. The van der Waals surface area contributed by atoms with Gasteiger partial charge in [-0.05, 0) is 5.92 Å². The minimum Gasteiger partial charge on any atom is -0.390 e. The van der Waals surface area contributed by atoms with E-state index in [9.17, 15) is 4.79 Å². The van der Waals surface area contributed by atoms with E-state index in [1.54, 1.807) is 5.38 Å². The second-order valence-electron chi connectivity index (χ2n) is 3.77. The Morgan fingerprint density at radius 2 is 2.40 bits per heavy atom. The molecule has 0 saturated heterocycles. The first-order valence-corrected chi connectivity index (χ1v) is 5.80. The van der Waals surface area contributed by atoms with Crippen LogP contribution in [0.25, 0.3) is 0 Å². The van der Waals surface area contributed by atoms with Crippen molar-refractivity contribution in [1.82, 2.24) is 10.3 Å². The summed E-state index contributed by atoms with van der Waals surface area (Å²) >= 11 is 1.40. The maximum Gasteiger partial charge on any atom is 0.226 e. The lowest BCUT2D eigenvalue weighted by Crippen LogP contribution is -2.28. The minimum atomic E-state index is -0.0654. The number of amides is 1. The molecule has 0 bridgehead atoms. The van der Waals surface area contributed by atoms with Crippen molar-refractivity contribution >= 4 is 17.2 Å². The molecule has 0 aliphatic rings. The van der Waals surface area contributed by atoms with Crippen LogP contribution in [0.5, 0.6) is 0 Å². The average molecular weight is 228 g/mol. The third-order valence-corrected chi connectivity index (χ3v) is 2.68. The van der Waals surface area contributed by atoms with E-state index in [0.717, 1.165) is 5.01 Å². The van der Waals surface area contributed by atoms with Crippen LogP contribution in [0.3, 0.4) is 0 Å². The highest BCUT2D eigenvalue weighted by molar-refractivity contribution is 7.09. The standard InChI is InChI=1S/C10H16N2O2S/c1-7(2)4-11-9(14)3-10-12-8(5-13)6-15-10/h6-7,13H,3-5H2,1-2H3,(H,11,14). The first-order valence-electron chi connectivity index (χ1n) is 4.92. The summed E-state index contributed by atoms with van der Waals surface area (Å²) in [6.45, 7) is 4.72. The van der Waals surface area contributed by atoms with Gasteiger partial charge in [-0.2, -0.15) is 0 Å². The number of aromatic nitrogens is 1. The van der Waals surface area contributed by atoms with Crippen molar-refractivity contribution in [3.8, 4) is 0 Å². The summed E-state index contributed by atoms with van der Waals surface area (Å²) in [6, 6.07) is 0. The van der Waals surface area contributed by atoms with E-state index in [4.69, 9.17) is 5.11 Å². The predicted octanol–water partition coefficient (Wildman–Crippen LogP) is 0.950. The maximum atomic E-state index is 11.4. The van der Waals surface area contributed by atoms with Gasteiger partial charge in [-0.25, -0.2) is 4.98 Å². The van der Waals surface area contributed by atoms with Crippen LogP contribution < -0.4 is 5.32 Å². The molecular formula is C10H16N2O2S. The van der Waals surface area contributed by atoms with Crippen molar-refractivity contribution in [3.63, 3.8) is 0 Å². The molecule has 0 aliphatic carbocycles. The van der Waals surface area contributed by atoms with Crippen LogP contribution in [-0.4, -0.2) is 22.5 Å². The molecule has 0 fully saturated rings. The lowest BCUT2D eigenvalue weighted by atomic mass is 10.2. The third kappa shape index (κ3) is 4.40. The van der Waals surface area contributed by atoms with Gasteiger partial charge < -0.3 is 10.4 Å². The molecule has 2 N–H and O–H groups in total. The normalized spacial score (nSPS) is 10.7. The monoisotopic (exact) mass is 228 g/mol. The Hall–Kier alpha value is -0.940. The number of nitrogens with one attached hydrogen (secondary N) is 1. The Bertz CT molecular complexity index is 323. The smallest absolute Gasteiger partial charge is 0.226 e. The van der Waals surface area contributed by atoms with Gasteiger partial charge in [-0.1, -0.05) is 13.8 Å². The predicted molar refractivity (Wildman–Crippen MR) is 59.6 cm³/mol. The fraction of sp³-hybridized carbons (Fsp3) is 0.600. The summed E-state index contributed by atoms with van der Waals surface area (Å²) in [6.07, 6.45) is 0.303. The molecule has 0 spiro atoms. The third-order valence-electron chi connectivity index (χ3n) is 1.78. The molecule has 0 aromatic carbocycles.